The van der Waals surface area contributed by atoms with Gasteiger partial charge in [-0.3, -0.25) is 14.9 Å². The predicted molar refractivity (Wildman–Crippen MR) is 92.8 cm³/mol. The fourth-order valence-corrected chi connectivity index (χ4v) is 3.11. The van der Waals surface area contributed by atoms with Gasteiger partial charge >= 0.3 is 0 Å². The molecule has 0 spiro atoms. The number of nitrogens with zero attached hydrogens (tertiary/aromatic N) is 4. The number of carbonyl (C=O) groups excluding carboxylic acids is 1. The number of carbonyl (C=O) groups is 1. The summed E-state index contributed by atoms with van der Waals surface area (Å²) in [6.07, 6.45) is 5.22. The third kappa shape index (κ3) is 3.85. The van der Waals surface area contributed by atoms with Crippen LogP contribution in [-0.2, 0) is 0 Å². The smallest absolute Gasteiger partial charge is 0.269 e. The Labute approximate surface area is 145 Å². The number of nitrogens with one attached hydrogen (secondary N) is 1. The molecule has 1 N–H and O–H groups in total. The van der Waals surface area contributed by atoms with Crippen molar-refractivity contribution in [3.8, 4) is 5.69 Å². The van der Waals surface area contributed by atoms with E-state index in [-0.39, 0.29) is 11.6 Å². The Bertz CT molecular complexity index is 748. The average Bonchev–Trinajstić information content (AvgIpc) is 3.12. The lowest BCUT2D eigenvalue weighted by Crippen LogP contribution is -2.40. The third-order valence-electron chi connectivity index (χ3n) is 4.55. The van der Waals surface area contributed by atoms with Gasteiger partial charge in [-0.1, -0.05) is 0 Å². The van der Waals surface area contributed by atoms with E-state index in [1.54, 1.807) is 29.2 Å². The van der Waals surface area contributed by atoms with Gasteiger partial charge < -0.3 is 10.2 Å². The minimum Gasteiger partial charge on any atom is -0.339 e. The maximum Gasteiger partial charge on any atom is 0.269 e. The molecule has 0 saturated carbocycles. The van der Waals surface area contributed by atoms with E-state index in [4.69, 9.17) is 0 Å². The number of benzene rings is 1. The predicted octanol–water partition coefficient (Wildman–Crippen LogP) is 1.85. The summed E-state index contributed by atoms with van der Waals surface area (Å²) in [6.45, 7) is 2.50. The lowest BCUT2D eigenvalue weighted by atomic mass is 9.96. The minimum atomic E-state index is -0.445. The molecule has 8 nitrogen and oxygen atoms in total. The first kappa shape index (κ1) is 17.1. The quantitative estimate of drug-likeness (QED) is 0.660. The summed E-state index contributed by atoms with van der Waals surface area (Å²) >= 11 is 0. The number of amides is 1. The zero-order valence-corrected chi connectivity index (χ0v) is 14.1. The number of nitro benzene ring substituents is 1. The Kier molecular flexibility index (Phi) is 5.08. The van der Waals surface area contributed by atoms with E-state index < -0.39 is 4.92 Å². The van der Waals surface area contributed by atoms with Gasteiger partial charge in [0.2, 0.25) is 0 Å². The Balaban J connectivity index is 1.67. The molecule has 2 heterocycles. The maximum absolute atomic E-state index is 12.6. The van der Waals surface area contributed by atoms with Crippen LogP contribution < -0.4 is 5.32 Å². The molecule has 0 atom stereocenters. The molecule has 1 aliphatic rings. The van der Waals surface area contributed by atoms with Crippen LogP contribution in [0.4, 0.5) is 5.69 Å². The van der Waals surface area contributed by atoms with Crippen molar-refractivity contribution in [2.45, 2.75) is 12.8 Å². The van der Waals surface area contributed by atoms with Crippen LogP contribution in [0.5, 0.6) is 0 Å². The van der Waals surface area contributed by atoms with E-state index in [2.05, 4.69) is 10.4 Å². The number of aromatic nitrogens is 2. The molecule has 132 valence electrons. The molecule has 1 amide bonds. The average molecular weight is 343 g/mol. The number of hydrogen-bond donors (Lipinski definition) is 1. The Morgan fingerprint density at radius 2 is 2.00 bits per heavy atom. The summed E-state index contributed by atoms with van der Waals surface area (Å²) in [4.78, 5) is 24.7. The molecule has 1 fully saturated rings. The van der Waals surface area contributed by atoms with E-state index in [1.807, 2.05) is 11.9 Å². The number of non-ortho nitro benzene ring substituents is 1. The second-order valence-corrected chi connectivity index (χ2v) is 6.24. The maximum atomic E-state index is 12.6. The van der Waals surface area contributed by atoms with Crippen molar-refractivity contribution in [3.63, 3.8) is 0 Å². The van der Waals surface area contributed by atoms with Crippen LogP contribution in [-0.4, -0.2) is 52.2 Å². The number of hydrogen-bond acceptors (Lipinski definition) is 5. The molecule has 2 aromatic rings. The molecule has 3 rings (SSSR count). The third-order valence-corrected chi connectivity index (χ3v) is 4.55. The minimum absolute atomic E-state index is 0.0175. The molecule has 1 aromatic heterocycles. The summed E-state index contributed by atoms with van der Waals surface area (Å²) in [5, 5.41) is 18.1. The summed E-state index contributed by atoms with van der Waals surface area (Å²) in [5.74, 6) is 0.605. The molecule has 8 heteroatoms. The monoisotopic (exact) mass is 343 g/mol. The summed E-state index contributed by atoms with van der Waals surface area (Å²) < 4.78 is 1.56. The number of likely N-dealkylation sites (tertiary alicyclic amines) is 1. The molecule has 1 aromatic carbocycles. The van der Waals surface area contributed by atoms with E-state index >= 15 is 0 Å². The van der Waals surface area contributed by atoms with Crippen LogP contribution in [0.15, 0.2) is 36.7 Å². The van der Waals surface area contributed by atoms with Gasteiger partial charge in [0.05, 0.1) is 22.4 Å². The van der Waals surface area contributed by atoms with E-state index in [1.165, 1.54) is 12.1 Å². The van der Waals surface area contributed by atoms with Crippen molar-refractivity contribution < 1.29 is 9.72 Å². The van der Waals surface area contributed by atoms with Crippen molar-refractivity contribution in [2.75, 3.05) is 26.7 Å². The molecule has 1 saturated heterocycles. The fourth-order valence-electron chi connectivity index (χ4n) is 3.11. The van der Waals surface area contributed by atoms with Gasteiger partial charge in [0.25, 0.3) is 11.6 Å². The summed E-state index contributed by atoms with van der Waals surface area (Å²) in [7, 11) is 1.95. The fraction of sp³-hybridized carbons (Fsp3) is 0.412. The van der Waals surface area contributed by atoms with Crippen molar-refractivity contribution >= 4 is 11.6 Å². The Morgan fingerprint density at radius 1 is 1.32 bits per heavy atom. The highest BCUT2D eigenvalue weighted by Gasteiger charge is 2.24. The lowest BCUT2D eigenvalue weighted by Gasteiger charge is -2.31. The first-order chi connectivity index (χ1) is 12.1. The number of nitro groups is 1. The van der Waals surface area contributed by atoms with E-state index in [9.17, 15) is 14.9 Å². The van der Waals surface area contributed by atoms with Gasteiger partial charge in [0.15, 0.2) is 0 Å². The number of rotatable bonds is 5. The molecule has 0 unspecified atom stereocenters. The van der Waals surface area contributed by atoms with Crippen LogP contribution in [0.1, 0.15) is 23.2 Å². The molecular formula is C17H21N5O3. The zero-order valence-electron chi connectivity index (χ0n) is 14.1. The van der Waals surface area contributed by atoms with Crippen LogP contribution in [0, 0.1) is 16.0 Å². The van der Waals surface area contributed by atoms with Crippen molar-refractivity contribution in [1.29, 1.82) is 0 Å². The Hall–Kier alpha value is -2.74. The van der Waals surface area contributed by atoms with E-state index in [0.29, 0.717) is 17.2 Å². The second kappa shape index (κ2) is 7.43. The standard InChI is InChI=1S/C17H21N5O3/c1-18-10-13-6-8-20(9-7-13)17(23)14-11-19-21(12-14)15-2-4-16(5-3-15)22(24)25/h2-5,11-13,18H,6-10H2,1H3. The first-order valence-corrected chi connectivity index (χ1v) is 8.32. The second-order valence-electron chi connectivity index (χ2n) is 6.24. The van der Waals surface area contributed by atoms with Gasteiger partial charge in [-0.2, -0.15) is 5.10 Å². The number of piperidine rings is 1. The molecular weight excluding hydrogens is 322 g/mol. The highest BCUT2D eigenvalue weighted by Crippen LogP contribution is 2.19. The van der Waals surface area contributed by atoms with Crippen LogP contribution in [0.2, 0.25) is 0 Å². The normalized spacial score (nSPS) is 15.3. The van der Waals surface area contributed by atoms with Crippen LogP contribution in [0.3, 0.4) is 0 Å². The Morgan fingerprint density at radius 3 is 2.60 bits per heavy atom. The van der Waals surface area contributed by atoms with Gasteiger partial charge in [-0.05, 0) is 44.5 Å². The highest BCUT2D eigenvalue weighted by atomic mass is 16.6. The topological polar surface area (TPSA) is 93.3 Å². The van der Waals surface area contributed by atoms with E-state index in [0.717, 1.165) is 32.5 Å². The van der Waals surface area contributed by atoms with Gasteiger partial charge in [-0.25, -0.2) is 4.68 Å². The molecule has 0 radical (unpaired) electrons. The van der Waals surface area contributed by atoms with Gasteiger partial charge in [0, 0.05) is 31.4 Å². The van der Waals surface area contributed by atoms with Crippen molar-refractivity contribution in [2.24, 2.45) is 5.92 Å². The van der Waals surface area contributed by atoms with Gasteiger partial charge in [0.1, 0.15) is 0 Å². The van der Waals surface area contributed by atoms with Crippen molar-refractivity contribution in [3.05, 3.63) is 52.3 Å². The SMILES string of the molecule is CNCC1CCN(C(=O)c2cnn(-c3ccc([N+](=O)[O-])cc3)c2)CC1. The highest BCUT2D eigenvalue weighted by molar-refractivity contribution is 5.93. The largest absolute Gasteiger partial charge is 0.339 e. The molecule has 0 aliphatic carbocycles. The van der Waals surface area contributed by atoms with Crippen LogP contribution >= 0.6 is 0 Å². The lowest BCUT2D eigenvalue weighted by molar-refractivity contribution is -0.384. The summed E-state index contributed by atoms with van der Waals surface area (Å²) in [6, 6.07) is 6.07. The van der Waals surface area contributed by atoms with Gasteiger partial charge in [-0.15, -0.1) is 0 Å². The molecule has 1 aliphatic heterocycles. The van der Waals surface area contributed by atoms with Crippen molar-refractivity contribution in [1.82, 2.24) is 20.0 Å². The van der Waals surface area contributed by atoms with Crippen LogP contribution in [0.25, 0.3) is 5.69 Å². The molecule has 25 heavy (non-hydrogen) atoms. The molecule has 0 bridgehead atoms. The summed E-state index contributed by atoms with van der Waals surface area (Å²) in [5.41, 5.74) is 1.24. The zero-order chi connectivity index (χ0) is 17.8. The first-order valence-electron chi connectivity index (χ1n) is 8.32.